The Labute approximate surface area is 189 Å². The molecule has 4 aromatic rings. The molecule has 0 aliphatic carbocycles. The molecule has 0 aliphatic rings. The lowest BCUT2D eigenvalue weighted by molar-refractivity contribution is -0.137. The number of ether oxygens (including phenoxy) is 2. The maximum atomic E-state index is 12.5. The van der Waals surface area contributed by atoms with E-state index < -0.39 is 11.7 Å². The van der Waals surface area contributed by atoms with Gasteiger partial charge < -0.3 is 19.7 Å². The lowest BCUT2D eigenvalue weighted by Crippen LogP contribution is -2.04. The molecule has 4 rings (SSSR count). The van der Waals surface area contributed by atoms with Crippen LogP contribution in [-0.4, -0.2) is 10.2 Å². The van der Waals surface area contributed by atoms with Crippen molar-refractivity contribution < 1.29 is 32.9 Å². The highest BCUT2D eigenvalue weighted by molar-refractivity contribution is 5.37. The van der Waals surface area contributed by atoms with Crippen LogP contribution >= 0.6 is 0 Å². The zero-order chi connectivity index (χ0) is 23.7. The van der Waals surface area contributed by atoms with Crippen molar-refractivity contribution in [1.29, 1.82) is 0 Å². The summed E-state index contributed by atoms with van der Waals surface area (Å²) in [7, 11) is 0. The molecule has 2 N–H and O–H groups in total. The Morgan fingerprint density at radius 2 is 1.18 bits per heavy atom. The quantitative estimate of drug-likeness (QED) is 0.336. The summed E-state index contributed by atoms with van der Waals surface area (Å²) in [6.45, 7) is 0.547. The van der Waals surface area contributed by atoms with E-state index in [2.05, 4.69) is 0 Å². The van der Waals surface area contributed by atoms with Gasteiger partial charge in [-0.15, -0.1) is 0 Å². The van der Waals surface area contributed by atoms with Crippen molar-refractivity contribution in [3.63, 3.8) is 0 Å². The minimum absolute atomic E-state index is 0.0615. The number of rotatable bonds is 5. The maximum Gasteiger partial charge on any atom is 0.416 e. The summed E-state index contributed by atoms with van der Waals surface area (Å²) in [5.74, 6) is 1.52. The number of halogens is 3. The van der Waals surface area contributed by atoms with Crippen LogP contribution in [0.5, 0.6) is 28.7 Å². The molecule has 7 heteroatoms. The summed E-state index contributed by atoms with van der Waals surface area (Å²) in [6, 6.07) is 27.0. The lowest BCUT2D eigenvalue weighted by atomic mass is 10.2. The van der Waals surface area contributed by atoms with E-state index in [0.29, 0.717) is 12.4 Å². The van der Waals surface area contributed by atoms with Crippen LogP contribution in [0, 0.1) is 0 Å². The molecule has 0 aromatic heterocycles. The summed E-state index contributed by atoms with van der Waals surface area (Å²) in [4.78, 5) is 0. The Balaban J connectivity index is 0.000000189. The molecule has 33 heavy (non-hydrogen) atoms. The Bertz CT molecular complexity index is 1130. The van der Waals surface area contributed by atoms with Gasteiger partial charge in [0.25, 0.3) is 0 Å². The van der Waals surface area contributed by atoms with Crippen molar-refractivity contribution in [2.45, 2.75) is 12.8 Å². The third-order valence-electron chi connectivity index (χ3n) is 4.32. The predicted molar refractivity (Wildman–Crippen MR) is 119 cm³/mol. The Morgan fingerprint density at radius 3 is 1.76 bits per heavy atom. The highest BCUT2D eigenvalue weighted by atomic mass is 19.4. The number of aromatic hydroxyl groups is 2. The van der Waals surface area contributed by atoms with Gasteiger partial charge >= 0.3 is 6.18 Å². The van der Waals surface area contributed by atoms with Gasteiger partial charge in [0.1, 0.15) is 35.4 Å². The van der Waals surface area contributed by atoms with Gasteiger partial charge in [0.15, 0.2) is 0 Å². The standard InChI is InChI=1S/C13H9F3O2.C13H12O2/c14-13(15,16)9-2-1-3-12(8-9)18-11-6-4-10(17)5-7-11;14-12-6-8-13(9-7-12)15-10-11-4-2-1-3-5-11/h1-8,17H;1-9,14H,10H2. The molecule has 0 saturated carbocycles. The fourth-order valence-corrected chi connectivity index (χ4v) is 2.67. The van der Waals surface area contributed by atoms with Gasteiger partial charge in [-0.3, -0.25) is 0 Å². The van der Waals surface area contributed by atoms with E-state index in [4.69, 9.17) is 19.7 Å². The van der Waals surface area contributed by atoms with Gasteiger partial charge in [-0.2, -0.15) is 13.2 Å². The summed E-state index contributed by atoms with van der Waals surface area (Å²) in [5, 5.41) is 18.2. The molecule has 0 bridgehead atoms. The second-order valence-corrected chi connectivity index (χ2v) is 6.89. The van der Waals surface area contributed by atoms with Gasteiger partial charge in [-0.25, -0.2) is 0 Å². The van der Waals surface area contributed by atoms with E-state index in [1.54, 1.807) is 24.3 Å². The topological polar surface area (TPSA) is 58.9 Å². The monoisotopic (exact) mass is 454 g/mol. The van der Waals surface area contributed by atoms with Crippen molar-refractivity contribution in [1.82, 2.24) is 0 Å². The number of phenolic OH excluding ortho intramolecular Hbond substituents is 2. The van der Waals surface area contributed by atoms with Gasteiger partial charge in [-0.1, -0.05) is 36.4 Å². The highest BCUT2D eigenvalue weighted by Crippen LogP contribution is 2.32. The van der Waals surface area contributed by atoms with Crippen LogP contribution in [0.4, 0.5) is 13.2 Å². The molecule has 0 spiro atoms. The molecule has 4 aromatic carbocycles. The van der Waals surface area contributed by atoms with E-state index in [0.717, 1.165) is 23.4 Å². The number of alkyl halides is 3. The smallest absolute Gasteiger partial charge is 0.416 e. The molecule has 4 nitrogen and oxygen atoms in total. The number of benzene rings is 4. The van der Waals surface area contributed by atoms with Gasteiger partial charge in [0.2, 0.25) is 0 Å². The number of hydrogen-bond donors (Lipinski definition) is 2. The zero-order valence-corrected chi connectivity index (χ0v) is 17.4. The summed E-state index contributed by atoms with van der Waals surface area (Å²) < 4.78 is 48.2. The number of phenols is 2. The van der Waals surface area contributed by atoms with Crippen LogP contribution in [0.15, 0.2) is 103 Å². The average molecular weight is 454 g/mol. The van der Waals surface area contributed by atoms with Crippen molar-refractivity contribution in [3.05, 3.63) is 114 Å². The maximum absolute atomic E-state index is 12.5. The van der Waals surface area contributed by atoms with E-state index in [-0.39, 0.29) is 17.2 Å². The average Bonchev–Trinajstić information content (AvgIpc) is 2.81. The first-order valence-electron chi connectivity index (χ1n) is 9.89. The molecular formula is C26H21F3O4. The molecule has 0 fully saturated rings. The van der Waals surface area contributed by atoms with Gasteiger partial charge in [0, 0.05) is 0 Å². The van der Waals surface area contributed by atoms with Crippen LogP contribution in [0.1, 0.15) is 11.1 Å². The van der Waals surface area contributed by atoms with Crippen LogP contribution < -0.4 is 9.47 Å². The summed E-state index contributed by atoms with van der Waals surface area (Å²) in [5.41, 5.74) is 0.365. The van der Waals surface area contributed by atoms with Gasteiger partial charge in [0.05, 0.1) is 5.56 Å². The first-order valence-corrected chi connectivity index (χ1v) is 9.89. The van der Waals surface area contributed by atoms with Gasteiger partial charge in [-0.05, 0) is 72.3 Å². The van der Waals surface area contributed by atoms with E-state index >= 15 is 0 Å². The molecule has 0 heterocycles. The van der Waals surface area contributed by atoms with E-state index in [9.17, 15) is 13.2 Å². The van der Waals surface area contributed by atoms with E-state index in [1.165, 1.54) is 36.4 Å². The van der Waals surface area contributed by atoms with Crippen LogP contribution in [0.3, 0.4) is 0 Å². The number of hydrogen-bond acceptors (Lipinski definition) is 4. The SMILES string of the molecule is Oc1ccc(OCc2ccccc2)cc1.Oc1ccc(Oc2cccc(C(F)(F)F)c2)cc1. The van der Waals surface area contributed by atoms with Crippen molar-refractivity contribution in [2.75, 3.05) is 0 Å². The van der Waals surface area contributed by atoms with Crippen molar-refractivity contribution >= 4 is 0 Å². The molecule has 0 unspecified atom stereocenters. The first-order chi connectivity index (χ1) is 15.8. The largest absolute Gasteiger partial charge is 0.508 e. The second kappa shape index (κ2) is 10.9. The second-order valence-electron chi connectivity index (χ2n) is 6.89. The summed E-state index contributed by atoms with van der Waals surface area (Å²) >= 11 is 0. The zero-order valence-electron chi connectivity index (χ0n) is 17.4. The van der Waals surface area contributed by atoms with E-state index in [1.807, 2.05) is 30.3 Å². The summed E-state index contributed by atoms with van der Waals surface area (Å²) in [6.07, 6.45) is -4.39. The Hall–Kier alpha value is -4.13. The molecule has 0 aliphatic heterocycles. The lowest BCUT2D eigenvalue weighted by Gasteiger charge is -2.09. The Morgan fingerprint density at radius 1 is 0.606 bits per heavy atom. The fraction of sp³-hybridized carbons (Fsp3) is 0.0769. The third-order valence-corrected chi connectivity index (χ3v) is 4.32. The normalized spacial score (nSPS) is 10.6. The van der Waals surface area contributed by atoms with Crippen molar-refractivity contribution in [3.8, 4) is 28.7 Å². The van der Waals surface area contributed by atoms with Crippen LogP contribution in [0.25, 0.3) is 0 Å². The highest BCUT2D eigenvalue weighted by Gasteiger charge is 2.30. The fourth-order valence-electron chi connectivity index (χ4n) is 2.67. The molecular weight excluding hydrogens is 433 g/mol. The van der Waals surface area contributed by atoms with Crippen molar-refractivity contribution in [2.24, 2.45) is 0 Å². The molecule has 170 valence electrons. The van der Waals surface area contributed by atoms with Crippen LogP contribution in [0.2, 0.25) is 0 Å². The Kier molecular flexibility index (Phi) is 7.81. The molecule has 0 amide bonds. The minimum Gasteiger partial charge on any atom is -0.508 e. The molecule has 0 saturated heterocycles. The van der Waals surface area contributed by atoms with Crippen LogP contribution in [-0.2, 0) is 12.8 Å². The predicted octanol–water partition coefficient (Wildman–Crippen LogP) is 7.17. The minimum atomic E-state index is -4.39. The first kappa shape index (κ1) is 23.5. The molecule has 0 atom stereocenters. The molecule has 0 radical (unpaired) electrons. The third kappa shape index (κ3) is 7.81.